The van der Waals surface area contributed by atoms with Crippen molar-refractivity contribution in [3.8, 4) is 0 Å². The Balaban J connectivity index is 4.28. The van der Waals surface area contributed by atoms with E-state index in [2.05, 4.69) is 0 Å². The zero-order chi connectivity index (χ0) is 7.44. The molecule has 0 saturated carbocycles. The molecule has 0 heterocycles. The Labute approximate surface area is 59.1 Å². The maximum atomic E-state index is 10.1. The molecule has 0 bridgehead atoms. The van der Waals surface area contributed by atoms with Gasteiger partial charge in [0, 0.05) is 0 Å². The van der Waals surface area contributed by atoms with E-state index in [1.54, 1.807) is 6.92 Å². The van der Waals surface area contributed by atoms with Crippen molar-refractivity contribution in [2.45, 2.75) is 20.3 Å². The zero-order valence-corrected chi connectivity index (χ0v) is 6.20. The van der Waals surface area contributed by atoms with Crippen LogP contribution in [0.25, 0.3) is 0 Å². The van der Waals surface area contributed by atoms with Crippen molar-refractivity contribution in [3.05, 3.63) is 10.6 Å². The first-order chi connectivity index (χ1) is 4.09. The zero-order valence-electron chi connectivity index (χ0n) is 5.44. The van der Waals surface area contributed by atoms with E-state index in [-0.39, 0.29) is 5.03 Å². The second-order valence-electron chi connectivity index (χ2n) is 1.75. The Hall–Kier alpha value is -0.500. The Bertz CT molecular complexity index is 149. The molecule has 0 amide bonds. The van der Waals surface area contributed by atoms with Crippen LogP contribution in [0.3, 0.4) is 0 Å². The Morgan fingerprint density at radius 3 is 2.22 bits per heavy atom. The molecule has 0 aromatic rings. The van der Waals surface area contributed by atoms with Crippen LogP contribution in [0.15, 0.2) is 10.6 Å². The number of hydrogen-bond acceptors (Lipinski definition) is 1. The van der Waals surface area contributed by atoms with Gasteiger partial charge in [-0.25, -0.2) is 4.79 Å². The molecule has 0 spiro atoms. The van der Waals surface area contributed by atoms with Gasteiger partial charge in [-0.2, -0.15) is 0 Å². The number of carbonyl (C=O) groups is 1. The van der Waals surface area contributed by atoms with Crippen LogP contribution in [0.1, 0.15) is 20.3 Å². The average molecular weight is 149 g/mol. The normalized spacial score (nSPS) is 12.8. The van der Waals surface area contributed by atoms with E-state index >= 15 is 0 Å². The first-order valence-corrected chi connectivity index (χ1v) is 3.06. The Morgan fingerprint density at radius 1 is 1.67 bits per heavy atom. The van der Waals surface area contributed by atoms with Crippen molar-refractivity contribution < 1.29 is 9.90 Å². The molecule has 52 valence electrons. The van der Waals surface area contributed by atoms with Crippen LogP contribution in [0, 0.1) is 0 Å². The fourth-order valence-electron chi connectivity index (χ4n) is 0.338. The summed E-state index contributed by atoms with van der Waals surface area (Å²) in [5.41, 5.74) is 0.712. The molecule has 9 heavy (non-hydrogen) atoms. The van der Waals surface area contributed by atoms with Crippen molar-refractivity contribution in [3.63, 3.8) is 0 Å². The topological polar surface area (TPSA) is 37.3 Å². The fourth-order valence-corrected chi connectivity index (χ4v) is 0.471. The summed E-state index contributed by atoms with van der Waals surface area (Å²) in [5, 5.41) is 8.24. The van der Waals surface area contributed by atoms with Crippen molar-refractivity contribution >= 4 is 17.6 Å². The third kappa shape index (κ3) is 2.51. The van der Waals surface area contributed by atoms with Gasteiger partial charge in [0.2, 0.25) is 0 Å². The lowest BCUT2D eigenvalue weighted by Crippen LogP contribution is -1.96. The van der Waals surface area contributed by atoms with E-state index in [0.29, 0.717) is 12.0 Å². The second-order valence-corrected chi connectivity index (χ2v) is 2.13. The molecule has 0 aliphatic carbocycles. The van der Waals surface area contributed by atoms with E-state index in [1.165, 1.54) is 0 Å². The first-order valence-electron chi connectivity index (χ1n) is 2.68. The molecule has 0 rings (SSSR count). The molecule has 0 atom stereocenters. The van der Waals surface area contributed by atoms with Gasteiger partial charge in [-0.3, -0.25) is 0 Å². The van der Waals surface area contributed by atoms with Crippen molar-refractivity contribution in [2.75, 3.05) is 0 Å². The van der Waals surface area contributed by atoms with Crippen LogP contribution in [-0.2, 0) is 4.79 Å². The summed E-state index contributed by atoms with van der Waals surface area (Å²) in [7, 11) is 0. The molecule has 0 aliphatic rings. The third-order valence-electron chi connectivity index (χ3n) is 1.09. The standard InChI is InChI=1S/C6H9ClO2/c1-3-4(2)5(7)6(8)9/h3H2,1-2H3,(H,8,9)/b5-4-. The summed E-state index contributed by atoms with van der Waals surface area (Å²) < 4.78 is 0. The Kier molecular flexibility index (Phi) is 3.32. The van der Waals surface area contributed by atoms with Gasteiger partial charge in [-0.05, 0) is 18.9 Å². The van der Waals surface area contributed by atoms with E-state index in [4.69, 9.17) is 16.7 Å². The molecule has 0 aromatic carbocycles. The maximum absolute atomic E-state index is 10.1. The van der Waals surface area contributed by atoms with E-state index < -0.39 is 5.97 Å². The predicted octanol–water partition coefficient (Wildman–Crippen LogP) is 1.99. The van der Waals surface area contributed by atoms with Crippen LogP contribution in [0.5, 0.6) is 0 Å². The number of hydrogen-bond donors (Lipinski definition) is 1. The van der Waals surface area contributed by atoms with Gasteiger partial charge < -0.3 is 5.11 Å². The average Bonchev–Trinajstić information content (AvgIpc) is 1.84. The minimum Gasteiger partial charge on any atom is -0.477 e. The Morgan fingerprint density at radius 2 is 2.11 bits per heavy atom. The smallest absolute Gasteiger partial charge is 0.347 e. The molecule has 2 nitrogen and oxygen atoms in total. The van der Waals surface area contributed by atoms with Crippen molar-refractivity contribution in [2.24, 2.45) is 0 Å². The third-order valence-corrected chi connectivity index (χ3v) is 1.58. The lowest BCUT2D eigenvalue weighted by atomic mass is 10.2. The molecule has 0 fully saturated rings. The molecule has 0 aromatic heterocycles. The number of carboxylic acid groups (broad SMARTS) is 1. The highest BCUT2D eigenvalue weighted by Gasteiger charge is 2.04. The lowest BCUT2D eigenvalue weighted by molar-refractivity contribution is -0.131. The summed E-state index contributed by atoms with van der Waals surface area (Å²) in [6, 6.07) is 0. The maximum Gasteiger partial charge on any atom is 0.347 e. The summed E-state index contributed by atoms with van der Waals surface area (Å²) in [6.07, 6.45) is 0.686. The van der Waals surface area contributed by atoms with Gasteiger partial charge in [-0.1, -0.05) is 18.5 Å². The second kappa shape index (κ2) is 3.51. The summed E-state index contributed by atoms with van der Waals surface area (Å²) >= 11 is 5.35. The molecular weight excluding hydrogens is 140 g/mol. The van der Waals surface area contributed by atoms with Gasteiger partial charge in [0.25, 0.3) is 0 Å². The van der Waals surface area contributed by atoms with E-state index in [0.717, 1.165) is 0 Å². The van der Waals surface area contributed by atoms with Crippen molar-refractivity contribution in [1.29, 1.82) is 0 Å². The molecule has 0 aliphatic heterocycles. The predicted molar refractivity (Wildman–Crippen MR) is 36.5 cm³/mol. The van der Waals surface area contributed by atoms with Crippen LogP contribution < -0.4 is 0 Å². The highest BCUT2D eigenvalue weighted by atomic mass is 35.5. The van der Waals surface area contributed by atoms with Gasteiger partial charge in [-0.15, -0.1) is 0 Å². The summed E-state index contributed by atoms with van der Waals surface area (Å²) in [6.45, 7) is 3.57. The van der Waals surface area contributed by atoms with Crippen molar-refractivity contribution in [1.82, 2.24) is 0 Å². The van der Waals surface area contributed by atoms with Gasteiger partial charge in [0.05, 0.1) is 0 Å². The molecular formula is C6H9ClO2. The van der Waals surface area contributed by atoms with Gasteiger partial charge >= 0.3 is 5.97 Å². The first kappa shape index (κ1) is 8.50. The highest BCUT2D eigenvalue weighted by Crippen LogP contribution is 2.11. The minimum absolute atomic E-state index is 0.0579. The van der Waals surface area contributed by atoms with Gasteiger partial charge in [0.15, 0.2) is 0 Å². The van der Waals surface area contributed by atoms with E-state index in [1.807, 2.05) is 6.92 Å². The SMILES string of the molecule is CC/C(C)=C(\Cl)C(=O)O. The number of allylic oxidation sites excluding steroid dienone is 1. The fraction of sp³-hybridized carbons (Fsp3) is 0.500. The van der Waals surface area contributed by atoms with E-state index in [9.17, 15) is 4.79 Å². The molecule has 0 radical (unpaired) electrons. The van der Waals surface area contributed by atoms with Crippen LogP contribution in [0.4, 0.5) is 0 Å². The molecule has 0 saturated heterocycles. The quantitative estimate of drug-likeness (QED) is 0.609. The number of aliphatic carboxylic acids is 1. The van der Waals surface area contributed by atoms with Gasteiger partial charge in [0.1, 0.15) is 5.03 Å². The van der Waals surface area contributed by atoms with Crippen LogP contribution >= 0.6 is 11.6 Å². The molecule has 1 N–H and O–H groups in total. The molecule has 3 heteroatoms. The largest absolute Gasteiger partial charge is 0.477 e. The summed E-state index contributed by atoms with van der Waals surface area (Å²) in [5.74, 6) is -1.05. The number of halogens is 1. The number of carboxylic acids is 1. The highest BCUT2D eigenvalue weighted by molar-refractivity contribution is 6.41. The summed E-state index contributed by atoms with van der Waals surface area (Å²) in [4.78, 5) is 10.1. The lowest BCUT2D eigenvalue weighted by Gasteiger charge is -1.94. The van der Waals surface area contributed by atoms with Crippen LogP contribution in [-0.4, -0.2) is 11.1 Å². The number of rotatable bonds is 2. The van der Waals surface area contributed by atoms with Crippen LogP contribution in [0.2, 0.25) is 0 Å². The minimum atomic E-state index is -1.05. The molecule has 0 unspecified atom stereocenters. The monoisotopic (exact) mass is 148 g/mol.